The van der Waals surface area contributed by atoms with E-state index in [1.165, 1.54) is 0 Å². The van der Waals surface area contributed by atoms with E-state index in [2.05, 4.69) is 20.3 Å². The van der Waals surface area contributed by atoms with Crippen molar-refractivity contribution in [2.24, 2.45) is 0 Å². The van der Waals surface area contributed by atoms with Gasteiger partial charge in [0.15, 0.2) is 0 Å². The number of pyridine rings is 1. The summed E-state index contributed by atoms with van der Waals surface area (Å²) < 4.78 is 5.51. The molecule has 29 heavy (non-hydrogen) atoms. The minimum Gasteiger partial charge on any atom is -0.376 e. The number of hydrogen-bond donors (Lipinski definition) is 1. The summed E-state index contributed by atoms with van der Waals surface area (Å²) in [5, 5.41) is 2.84. The molecule has 2 aromatic heterocycles. The SMILES string of the molecule is O=C(NCC1CCCO1)c1cccc(C(=O)N2CCN(c3ncccn3)CC2)n1. The average molecular weight is 396 g/mol. The largest absolute Gasteiger partial charge is 0.376 e. The fourth-order valence-electron chi connectivity index (χ4n) is 3.51. The monoisotopic (exact) mass is 396 g/mol. The number of piperazine rings is 1. The first kappa shape index (κ1) is 19.3. The van der Waals surface area contributed by atoms with Gasteiger partial charge in [0.2, 0.25) is 5.95 Å². The summed E-state index contributed by atoms with van der Waals surface area (Å²) in [6.45, 7) is 3.60. The summed E-state index contributed by atoms with van der Waals surface area (Å²) in [5.41, 5.74) is 0.518. The minimum absolute atomic E-state index is 0.0636. The van der Waals surface area contributed by atoms with Crippen molar-refractivity contribution in [3.05, 3.63) is 48.0 Å². The molecular formula is C20H24N6O3. The molecule has 0 aromatic carbocycles. The molecule has 2 aromatic rings. The molecular weight excluding hydrogens is 372 g/mol. The van der Waals surface area contributed by atoms with Crippen LogP contribution in [-0.4, -0.2) is 77.1 Å². The van der Waals surface area contributed by atoms with Gasteiger partial charge in [0.1, 0.15) is 11.4 Å². The maximum atomic E-state index is 12.8. The molecule has 2 aliphatic rings. The maximum absolute atomic E-state index is 12.8. The molecule has 1 N–H and O–H groups in total. The molecule has 0 radical (unpaired) electrons. The van der Waals surface area contributed by atoms with E-state index in [0.717, 1.165) is 19.4 Å². The van der Waals surface area contributed by atoms with Crippen molar-refractivity contribution in [3.63, 3.8) is 0 Å². The quantitative estimate of drug-likeness (QED) is 0.796. The van der Waals surface area contributed by atoms with E-state index in [-0.39, 0.29) is 29.3 Å². The third-order valence-corrected chi connectivity index (χ3v) is 5.12. The molecule has 0 saturated carbocycles. The van der Waals surface area contributed by atoms with E-state index in [1.807, 2.05) is 4.90 Å². The van der Waals surface area contributed by atoms with Crippen molar-refractivity contribution in [2.75, 3.05) is 44.2 Å². The second-order valence-corrected chi connectivity index (χ2v) is 7.08. The number of aromatic nitrogens is 3. The van der Waals surface area contributed by atoms with Crippen molar-refractivity contribution >= 4 is 17.8 Å². The van der Waals surface area contributed by atoms with Crippen LogP contribution in [0.1, 0.15) is 33.8 Å². The van der Waals surface area contributed by atoms with Crippen LogP contribution in [-0.2, 0) is 4.74 Å². The number of nitrogens with zero attached hydrogens (tertiary/aromatic N) is 5. The zero-order valence-electron chi connectivity index (χ0n) is 16.2. The number of carbonyl (C=O) groups is 2. The smallest absolute Gasteiger partial charge is 0.272 e. The Balaban J connectivity index is 1.34. The van der Waals surface area contributed by atoms with E-state index in [9.17, 15) is 9.59 Å². The molecule has 9 nitrogen and oxygen atoms in total. The predicted octanol–water partition coefficient (Wildman–Crippen LogP) is 0.743. The van der Waals surface area contributed by atoms with Gasteiger partial charge >= 0.3 is 0 Å². The lowest BCUT2D eigenvalue weighted by Gasteiger charge is -2.34. The van der Waals surface area contributed by atoms with E-state index in [1.54, 1.807) is 41.6 Å². The van der Waals surface area contributed by atoms with Gasteiger partial charge in [-0.2, -0.15) is 0 Å². The Morgan fingerprint density at radius 2 is 1.83 bits per heavy atom. The molecule has 0 spiro atoms. The van der Waals surface area contributed by atoms with Gasteiger partial charge in [0.25, 0.3) is 11.8 Å². The second-order valence-electron chi connectivity index (χ2n) is 7.08. The van der Waals surface area contributed by atoms with Crippen LogP contribution < -0.4 is 10.2 Å². The summed E-state index contributed by atoms with van der Waals surface area (Å²) in [6.07, 6.45) is 5.45. The van der Waals surface area contributed by atoms with E-state index in [4.69, 9.17) is 4.74 Å². The maximum Gasteiger partial charge on any atom is 0.272 e. The lowest BCUT2D eigenvalue weighted by atomic mass is 10.2. The first-order valence-corrected chi connectivity index (χ1v) is 9.89. The Labute approximate surface area is 169 Å². The predicted molar refractivity (Wildman–Crippen MR) is 106 cm³/mol. The van der Waals surface area contributed by atoms with Crippen LogP contribution >= 0.6 is 0 Å². The van der Waals surface area contributed by atoms with E-state index in [0.29, 0.717) is 38.7 Å². The molecule has 2 amide bonds. The van der Waals surface area contributed by atoms with Crippen LogP contribution in [0.3, 0.4) is 0 Å². The molecule has 0 aliphatic carbocycles. The van der Waals surface area contributed by atoms with Crippen LogP contribution in [0.4, 0.5) is 5.95 Å². The molecule has 1 atom stereocenters. The number of nitrogens with one attached hydrogen (secondary N) is 1. The number of rotatable bonds is 5. The topological polar surface area (TPSA) is 101 Å². The number of amides is 2. The zero-order chi connectivity index (χ0) is 20.1. The fourth-order valence-corrected chi connectivity index (χ4v) is 3.51. The summed E-state index contributed by atoms with van der Waals surface area (Å²) >= 11 is 0. The first-order chi connectivity index (χ1) is 14.2. The van der Waals surface area contributed by atoms with Crippen LogP contribution in [0.2, 0.25) is 0 Å². The van der Waals surface area contributed by atoms with Gasteiger partial charge in [-0.3, -0.25) is 9.59 Å². The van der Waals surface area contributed by atoms with Gasteiger partial charge in [-0.15, -0.1) is 0 Å². The highest BCUT2D eigenvalue weighted by atomic mass is 16.5. The molecule has 2 saturated heterocycles. The van der Waals surface area contributed by atoms with Gasteiger partial charge in [-0.1, -0.05) is 6.07 Å². The van der Waals surface area contributed by atoms with Crippen molar-refractivity contribution < 1.29 is 14.3 Å². The van der Waals surface area contributed by atoms with Gasteiger partial charge in [0, 0.05) is 51.7 Å². The highest BCUT2D eigenvalue weighted by molar-refractivity contribution is 5.96. The van der Waals surface area contributed by atoms with Crippen molar-refractivity contribution in [1.82, 2.24) is 25.2 Å². The highest BCUT2D eigenvalue weighted by Crippen LogP contribution is 2.13. The molecule has 4 rings (SSSR count). The standard InChI is InChI=1S/C20H24N6O3/c27-18(23-14-15-4-2-13-29-15)16-5-1-6-17(24-16)19(28)25-9-11-26(12-10-25)20-21-7-3-8-22-20/h1,3,5-8,15H,2,4,9-14H2,(H,23,27). The lowest BCUT2D eigenvalue weighted by Crippen LogP contribution is -2.49. The number of ether oxygens (including phenoxy) is 1. The van der Waals surface area contributed by atoms with Gasteiger partial charge in [-0.25, -0.2) is 15.0 Å². The number of hydrogen-bond acceptors (Lipinski definition) is 7. The summed E-state index contributed by atoms with van der Waals surface area (Å²) in [7, 11) is 0. The average Bonchev–Trinajstić information content (AvgIpc) is 3.31. The highest BCUT2D eigenvalue weighted by Gasteiger charge is 2.25. The normalized spacial score (nSPS) is 19.2. The molecule has 4 heterocycles. The van der Waals surface area contributed by atoms with Crippen LogP contribution in [0.25, 0.3) is 0 Å². The fraction of sp³-hybridized carbons (Fsp3) is 0.450. The van der Waals surface area contributed by atoms with Gasteiger partial charge < -0.3 is 19.9 Å². The Hall–Kier alpha value is -3.07. The molecule has 0 bridgehead atoms. The third-order valence-electron chi connectivity index (χ3n) is 5.12. The summed E-state index contributed by atoms with van der Waals surface area (Å²) in [5.74, 6) is 0.205. The lowest BCUT2D eigenvalue weighted by molar-refractivity contribution is 0.0740. The minimum atomic E-state index is -0.291. The molecule has 2 aliphatic heterocycles. The van der Waals surface area contributed by atoms with Crippen LogP contribution in [0, 0.1) is 0 Å². The van der Waals surface area contributed by atoms with Gasteiger partial charge in [0.05, 0.1) is 6.10 Å². The van der Waals surface area contributed by atoms with E-state index >= 15 is 0 Å². The van der Waals surface area contributed by atoms with Crippen molar-refractivity contribution in [2.45, 2.75) is 18.9 Å². The Morgan fingerprint density at radius 3 is 2.55 bits per heavy atom. The Bertz CT molecular complexity index is 848. The van der Waals surface area contributed by atoms with Crippen molar-refractivity contribution in [3.8, 4) is 0 Å². The summed E-state index contributed by atoms with van der Waals surface area (Å²) in [6, 6.07) is 6.73. The number of carbonyl (C=O) groups excluding carboxylic acids is 2. The molecule has 2 fully saturated rings. The van der Waals surface area contributed by atoms with Gasteiger partial charge in [-0.05, 0) is 31.0 Å². The molecule has 152 valence electrons. The second kappa shape index (κ2) is 8.95. The van der Waals surface area contributed by atoms with Crippen LogP contribution in [0.15, 0.2) is 36.7 Å². The number of anilines is 1. The third kappa shape index (κ3) is 4.68. The Kier molecular flexibility index (Phi) is 5.95. The van der Waals surface area contributed by atoms with E-state index < -0.39 is 0 Å². The Morgan fingerprint density at radius 1 is 1.07 bits per heavy atom. The summed E-state index contributed by atoms with van der Waals surface area (Å²) in [4.78, 5) is 41.8. The van der Waals surface area contributed by atoms with Crippen LogP contribution in [0.5, 0.6) is 0 Å². The first-order valence-electron chi connectivity index (χ1n) is 9.89. The van der Waals surface area contributed by atoms with Crippen molar-refractivity contribution in [1.29, 1.82) is 0 Å². The zero-order valence-corrected chi connectivity index (χ0v) is 16.2. The molecule has 9 heteroatoms. The molecule has 1 unspecified atom stereocenters.